The summed E-state index contributed by atoms with van der Waals surface area (Å²) < 4.78 is 93.7. The second-order valence-corrected chi connectivity index (χ2v) is 22.1. The molecule has 0 fully saturated rings. The molecule has 0 rings (SSSR count). The van der Waals surface area contributed by atoms with Gasteiger partial charge in [0.1, 0.15) is 0 Å². The third-order valence-corrected chi connectivity index (χ3v) is 12.2. The summed E-state index contributed by atoms with van der Waals surface area (Å²) >= 11 is 0. The van der Waals surface area contributed by atoms with Crippen LogP contribution in [0.2, 0.25) is 0 Å². The van der Waals surface area contributed by atoms with Crippen LogP contribution in [0.25, 0.3) is 0 Å². The van der Waals surface area contributed by atoms with Gasteiger partial charge in [0.15, 0.2) is 7.37 Å². The summed E-state index contributed by atoms with van der Waals surface area (Å²) in [4.78, 5) is 0. The number of rotatable bonds is 9. The fourth-order valence-corrected chi connectivity index (χ4v) is 9.86. The highest BCUT2D eigenvalue weighted by Gasteiger charge is 2.32. The molecule has 0 aromatic carbocycles. The first-order valence-electron chi connectivity index (χ1n) is 7.99. The third-order valence-electron chi connectivity index (χ3n) is 2.09. The average Bonchev–Trinajstić information content (AvgIpc) is 2.41. The zero-order chi connectivity index (χ0) is 25.2. The van der Waals surface area contributed by atoms with E-state index < -0.39 is 44.9 Å². The van der Waals surface area contributed by atoms with E-state index in [1.54, 1.807) is 13.3 Å². The van der Waals surface area contributed by atoms with Crippen molar-refractivity contribution in [1.82, 2.24) is 0 Å². The van der Waals surface area contributed by atoms with Gasteiger partial charge in [-0.1, -0.05) is 0 Å². The summed E-state index contributed by atoms with van der Waals surface area (Å²) in [5.41, 5.74) is 0. The van der Waals surface area contributed by atoms with Gasteiger partial charge in [-0.15, -0.1) is 0 Å². The van der Waals surface area contributed by atoms with Gasteiger partial charge in [0, 0.05) is 81.3 Å². The van der Waals surface area contributed by atoms with Crippen molar-refractivity contribution in [2.24, 2.45) is 0 Å². The standard InChI is InChI=1S/C5H15O6P3.C4H12O4P2.C3H9O2P/c1-9-13(4,7)11-14(5,8)10-12(2,3)6;1-7-10(4,6)8-9(2,3)5;1-5-6(2,3)4/h1-5H3;1-4H3;1-3H3. The van der Waals surface area contributed by atoms with Crippen molar-refractivity contribution in [1.29, 1.82) is 0 Å². The van der Waals surface area contributed by atoms with E-state index in [9.17, 15) is 27.4 Å². The zero-order valence-electron chi connectivity index (χ0n) is 19.6. The topological polar surface area (TPSA) is 158 Å². The average molecular weight is 558 g/mol. The van der Waals surface area contributed by atoms with Crippen molar-refractivity contribution in [3.63, 3.8) is 0 Å². The first kappa shape index (κ1) is 35.7. The van der Waals surface area contributed by atoms with E-state index in [-0.39, 0.29) is 0 Å². The lowest BCUT2D eigenvalue weighted by Gasteiger charge is -2.19. The molecular weight excluding hydrogens is 522 g/mol. The Kier molecular flexibility index (Phi) is 16.4. The van der Waals surface area contributed by atoms with Gasteiger partial charge in [-0.05, 0) is 0 Å². The van der Waals surface area contributed by atoms with Crippen LogP contribution in [0.15, 0.2) is 0 Å². The first-order chi connectivity index (χ1) is 12.8. The van der Waals surface area contributed by atoms with Gasteiger partial charge in [0.25, 0.3) is 0 Å². The molecule has 0 aromatic heterocycles. The maximum atomic E-state index is 11.5. The van der Waals surface area contributed by atoms with Crippen LogP contribution < -0.4 is 0 Å². The van der Waals surface area contributed by atoms with Crippen LogP contribution in [0.5, 0.6) is 0 Å². The lowest BCUT2D eigenvalue weighted by Crippen LogP contribution is -1.92. The Morgan fingerprint density at radius 2 is 0.600 bits per heavy atom. The van der Waals surface area contributed by atoms with E-state index in [1.165, 1.54) is 47.5 Å². The van der Waals surface area contributed by atoms with Crippen molar-refractivity contribution < 1.29 is 53.9 Å². The molecule has 0 spiro atoms. The zero-order valence-corrected chi connectivity index (χ0v) is 24.9. The summed E-state index contributed by atoms with van der Waals surface area (Å²) in [7, 11) is -14.0. The van der Waals surface area contributed by atoms with Gasteiger partial charge in [-0.25, -0.2) is 4.31 Å². The molecule has 0 N–H and O–H groups in total. The van der Waals surface area contributed by atoms with E-state index in [0.29, 0.717) is 0 Å². The van der Waals surface area contributed by atoms with Crippen LogP contribution in [-0.4, -0.2) is 81.3 Å². The molecule has 0 aromatic rings. The molecular formula is C12H36O12P6. The lowest BCUT2D eigenvalue weighted by molar-refractivity contribution is 0.309. The van der Waals surface area contributed by atoms with Gasteiger partial charge in [0.2, 0.25) is 14.7 Å². The van der Waals surface area contributed by atoms with E-state index in [0.717, 1.165) is 20.4 Å². The molecule has 3 atom stereocenters. The summed E-state index contributed by atoms with van der Waals surface area (Å²) in [6.07, 6.45) is 0. The molecule has 0 aliphatic heterocycles. The number of hydrogen-bond donors (Lipinski definition) is 0. The molecule has 0 bridgehead atoms. The Morgan fingerprint density at radius 3 is 0.767 bits per heavy atom. The summed E-state index contributed by atoms with van der Waals surface area (Å²) in [5.74, 6) is 0. The van der Waals surface area contributed by atoms with Crippen LogP contribution in [-0.2, 0) is 53.9 Å². The predicted molar refractivity (Wildman–Crippen MR) is 123 cm³/mol. The van der Waals surface area contributed by atoms with Crippen molar-refractivity contribution >= 4 is 44.9 Å². The SMILES string of the molecule is COP(C)(=O)OP(C)(=O)OP(C)(C)=O.COP(C)(=O)OP(C)(C)=O.COP(C)(C)=O. The van der Waals surface area contributed by atoms with E-state index in [4.69, 9.17) is 4.31 Å². The maximum absolute atomic E-state index is 11.5. The minimum absolute atomic E-state index is 1.10. The highest BCUT2D eigenvalue weighted by atomic mass is 31.3. The quantitative estimate of drug-likeness (QED) is 0.303. The van der Waals surface area contributed by atoms with E-state index in [1.807, 2.05) is 0 Å². The second-order valence-electron chi connectivity index (χ2n) is 6.86. The van der Waals surface area contributed by atoms with Crippen molar-refractivity contribution in [3.8, 4) is 0 Å². The van der Waals surface area contributed by atoms with E-state index in [2.05, 4.69) is 22.2 Å². The highest BCUT2D eigenvalue weighted by Crippen LogP contribution is 2.66. The smallest absolute Gasteiger partial charge is 0.332 e. The molecule has 0 amide bonds. The van der Waals surface area contributed by atoms with Crippen molar-refractivity contribution in [2.75, 3.05) is 81.3 Å². The predicted octanol–water partition coefficient (Wildman–Crippen LogP) is 6.03. The third kappa shape index (κ3) is 29.1. The summed E-state index contributed by atoms with van der Waals surface area (Å²) in [5, 5.41) is 0. The molecule has 0 aliphatic rings. The second kappa shape index (κ2) is 13.8. The minimum Gasteiger partial charge on any atom is -0.332 e. The molecule has 0 aliphatic carbocycles. The monoisotopic (exact) mass is 558 g/mol. The Hall–Kier alpha value is 1.14. The molecule has 30 heavy (non-hydrogen) atoms. The van der Waals surface area contributed by atoms with Crippen molar-refractivity contribution in [3.05, 3.63) is 0 Å². The Labute approximate surface area is 180 Å². The summed E-state index contributed by atoms with van der Waals surface area (Å²) in [6, 6.07) is 0. The Balaban J connectivity index is -0.000000397. The fraction of sp³-hybridized carbons (Fsp3) is 1.00. The molecule has 0 heterocycles. The first-order valence-corrected chi connectivity index (χ1v) is 21.5. The normalized spacial score (nSPS) is 18.4. The Morgan fingerprint density at radius 1 is 0.367 bits per heavy atom. The molecule has 12 nitrogen and oxygen atoms in total. The van der Waals surface area contributed by atoms with Crippen LogP contribution in [0.1, 0.15) is 0 Å². The van der Waals surface area contributed by atoms with Gasteiger partial charge in [-0.2, -0.15) is 0 Å². The van der Waals surface area contributed by atoms with E-state index >= 15 is 0 Å². The van der Waals surface area contributed by atoms with Crippen LogP contribution in [0.3, 0.4) is 0 Å². The molecule has 0 radical (unpaired) electrons. The molecule has 0 saturated carbocycles. The molecule has 186 valence electrons. The fourth-order valence-electron chi connectivity index (χ4n) is 1.07. The minimum atomic E-state index is -3.60. The molecule has 0 saturated heterocycles. The highest BCUT2D eigenvalue weighted by molar-refractivity contribution is 7.73. The van der Waals surface area contributed by atoms with Crippen LogP contribution >= 0.6 is 44.9 Å². The number of hydrogen-bond acceptors (Lipinski definition) is 12. The molecule has 3 unspecified atom stereocenters. The van der Waals surface area contributed by atoms with Gasteiger partial charge in [-0.3, -0.25) is 36.0 Å². The van der Waals surface area contributed by atoms with Crippen LogP contribution in [0.4, 0.5) is 0 Å². The van der Waals surface area contributed by atoms with Crippen LogP contribution in [0, 0.1) is 0 Å². The van der Waals surface area contributed by atoms with Crippen molar-refractivity contribution in [2.45, 2.75) is 0 Å². The largest absolute Gasteiger partial charge is 0.340 e. The van der Waals surface area contributed by atoms with Gasteiger partial charge >= 0.3 is 22.8 Å². The Bertz CT molecular complexity index is 790. The van der Waals surface area contributed by atoms with Gasteiger partial charge in [0.05, 0.1) is 0 Å². The van der Waals surface area contributed by atoms with Gasteiger partial charge < -0.3 is 13.6 Å². The molecule has 18 heteroatoms. The lowest BCUT2D eigenvalue weighted by atomic mass is 11.8. The summed E-state index contributed by atoms with van der Waals surface area (Å²) in [6.45, 7) is 12.1. The maximum Gasteiger partial charge on any atom is 0.340 e.